The SMILES string of the molecule is CC(C)NCc1cccc(CN(C)CCOCC2CC2)c1. The normalized spacial score (nSPS) is 15.1. The third-order valence-electron chi connectivity index (χ3n) is 3.83. The predicted molar refractivity (Wildman–Crippen MR) is 88.3 cm³/mol. The molecular weight excluding hydrogens is 260 g/mol. The Kier molecular flexibility index (Phi) is 6.68. The van der Waals surface area contributed by atoms with Gasteiger partial charge in [0.2, 0.25) is 0 Å². The van der Waals surface area contributed by atoms with E-state index in [0.29, 0.717) is 6.04 Å². The van der Waals surface area contributed by atoms with Crippen LogP contribution >= 0.6 is 0 Å². The van der Waals surface area contributed by atoms with E-state index in [9.17, 15) is 0 Å². The van der Waals surface area contributed by atoms with Crippen LogP contribution in [0.25, 0.3) is 0 Å². The molecule has 0 saturated heterocycles. The summed E-state index contributed by atoms with van der Waals surface area (Å²) in [4.78, 5) is 2.34. The van der Waals surface area contributed by atoms with E-state index in [1.54, 1.807) is 0 Å². The number of ether oxygens (including phenoxy) is 1. The molecule has 0 aromatic heterocycles. The minimum atomic E-state index is 0.528. The average molecular weight is 290 g/mol. The van der Waals surface area contributed by atoms with Crippen molar-refractivity contribution in [2.75, 3.05) is 26.8 Å². The van der Waals surface area contributed by atoms with Crippen molar-refractivity contribution in [1.82, 2.24) is 10.2 Å². The van der Waals surface area contributed by atoms with Gasteiger partial charge in [0.15, 0.2) is 0 Å². The molecule has 1 aliphatic rings. The topological polar surface area (TPSA) is 24.5 Å². The van der Waals surface area contributed by atoms with E-state index in [2.05, 4.69) is 55.4 Å². The largest absolute Gasteiger partial charge is 0.380 e. The van der Waals surface area contributed by atoms with Gasteiger partial charge in [-0.05, 0) is 36.9 Å². The molecule has 0 heterocycles. The van der Waals surface area contributed by atoms with Crippen LogP contribution in [-0.4, -0.2) is 37.7 Å². The molecule has 1 aromatic carbocycles. The molecule has 1 fully saturated rings. The lowest BCUT2D eigenvalue weighted by atomic mass is 10.1. The van der Waals surface area contributed by atoms with Crippen molar-refractivity contribution in [3.05, 3.63) is 35.4 Å². The first-order chi connectivity index (χ1) is 10.1. The molecule has 0 spiro atoms. The van der Waals surface area contributed by atoms with Crippen molar-refractivity contribution < 1.29 is 4.74 Å². The molecule has 0 amide bonds. The Morgan fingerprint density at radius 3 is 2.76 bits per heavy atom. The lowest BCUT2D eigenvalue weighted by Crippen LogP contribution is -2.24. The van der Waals surface area contributed by atoms with E-state index in [4.69, 9.17) is 4.74 Å². The Bertz CT molecular complexity index is 415. The molecule has 0 atom stereocenters. The maximum absolute atomic E-state index is 5.70. The van der Waals surface area contributed by atoms with Gasteiger partial charge in [0, 0.05) is 32.3 Å². The van der Waals surface area contributed by atoms with Crippen molar-refractivity contribution in [3.63, 3.8) is 0 Å². The molecule has 1 saturated carbocycles. The fraction of sp³-hybridized carbons (Fsp3) is 0.667. The molecule has 118 valence electrons. The fourth-order valence-electron chi connectivity index (χ4n) is 2.31. The molecule has 1 aliphatic carbocycles. The molecular formula is C18H30N2O. The highest BCUT2D eigenvalue weighted by atomic mass is 16.5. The second-order valence-electron chi connectivity index (χ2n) is 6.61. The summed E-state index contributed by atoms with van der Waals surface area (Å²) in [7, 11) is 2.17. The number of rotatable bonds is 10. The number of hydrogen-bond donors (Lipinski definition) is 1. The second-order valence-corrected chi connectivity index (χ2v) is 6.61. The van der Waals surface area contributed by atoms with E-state index < -0.39 is 0 Å². The van der Waals surface area contributed by atoms with Gasteiger partial charge in [0.25, 0.3) is 0 Å². The Labute approximate surface area is 129 Å². The van der Waals surface area contributed by atoms with Gasteiger partial charge in [0.05, 0.1) is 6.61 Å². The monoisotopic (exact) mass is 290 g/mol. The van der Waals surface area contributed by atoms with Crippen molar-refractivity contribution in [1.29, 1.82) is 0 Å². The van der Waals surface area contributed by atoms with Crippen molar-refractivity contribution in [3.8, 4) is 0 Å². The maximum atomic E-state index is 5.70. The van der Waals surface area contributed by atoms with Crippen LogP contribution in [-0.2, 0) is 17.8 Å². The predicted octanol–water partition coefficient (Wildman–Crippen LogP) is 3.04. The van der Waals surface area contributed by atoms with Crippen molar-refractivity contribution >= 4 is 0 Å². The molecule has 0 radical (unpaired) electrons. The van der Waals surface area contributed by atoms with E-state index in [-0.39, 0.29) is 0 Å². The van der Waals surface area contributed by atoms with Crippen molar-refractivity contribution in [2.24, 2.45) is 5.92 Å². The molecule has 2 rings (SSSR count). The number of nitrogens with one attached hydrogen (secondary N) is 1. The van der Waals surface area contributed by atoms with Gasteiger partial charge < -0.3 is 10.1 Å². The van der Waals surface area contributed by atoms with E-state index >= 15 is 0 Å². The highest BCUT2D eigenvalue weighted by Gasteiger charge is 2.20. The summed E-state index contributed by atoms with van der Waals surface area (Å²) in [5, 5.41) is 3.47. The maximum Gasteiger partial charge on any atom is 0.0593 e. The average Bonchev–Trinajstić information content (AvgIpc) is 3.26. The van der Waals surface area contributed by atoms with Crippen LogP contribution in [0.15, 0.2) is 24.3 Å². The third-order valence-corrected chi connectivity index (χ3v) is 3.83. The number of likely N-dealkylation sites (N-methyl/N-ethyl adjacent to an activating group) is 1. The zero-order chi connectivity index (χ0) is 15.1. The molecule has 3 heteroatoms. The highest BCUT2D eigenvalue weighted by molar-refractivity contribution is 5.23. The van der Waals surface area contributed by atoms with Crippen LogP contribution in [0.4, 0.5) is 0 Å². The molecule has 0 bridgehead atoms. The first-order valence-electron chi connectivity index (χ1n) is 8.21. The van der Waals surface area contributed by atoms with Gasteiger partial charge >= 0.3 is 0 Å². The summed E-state index contributed by atoms with van der Waals surface area (Å²) >= 11 is 0. The summed E-state index contributed by atoms with van der Waals surface area (Å²) in [6.07, 6.45) is 2.74. The summed E-state index contributed by atoms with van der Waals surface area (Å²) in [5.41, 5.74) is 2.74. The van der Waals surface area contributed by atoms with E-state index in [1.807, 2.05) is 0 Å². The smallest absolute Gasteiger partial charge is 0.0593 e. The zero-order valence-corrected chi connectivity index (χ0v) is 13.8. The Hall–Kier alpha value is -0.900. The van der Waals surface area contributed by atoms with Crippen LogP contribution in [0.2, 0.25) is 0 Å². The summed E-state index contributed by atoms with van der Waals surface area (Å²) < 4.78 is 5.70. The number of nitrogens with zero attached hydrogens (tertiary/aromatic N) is 1. The molecule has 0 unspecified atom stereocenters. The molecule has 1 N–H and O–H groups in total. The Morgan fingerprint density at radius 1 is 1.29 bits per heavy atom. The first kappa shape index (κ1) is 16.5. The van der Waals surface area contributed by atoms with Crippen LogP contribution in [0.1, 0.15) is 37.8 Å². The van der Waals surface area contributed by atoms with Gasteiger partial charge in [-0.25, -0.2) is 0 Å². The number of hydrogen-bond acceptors (Lipinski definition) is 3. The zero-order valence-electron chi connectivity index (χ0n) is 13.8. The van der Waals surface area contributed by atoms with Gasteiger partial charge in [-0.1, -0.05) is 38.1 Å². The van der Waals surface area contributed by atoms with Gasteiger partial charge in [-0.15, -0.1) is 0 Å². The standard InChI is InChI=1S/C18H30N2O/c1-15(2)19-12-17-5-4-6-18(11-17)13-20(3)9-10-21-14-16-7-8-16/h4-6,11,15-16,19H,7-10,12-14H2,1-3H3. The minimum Gasteiger partial charge on any atom is -0.380 e. The summed E-state index contributed by atoms with van der Waals surface area (Å²) in [6.45, 7) is 9.10. The Morgan fingerprint density at radius 2 is 2.05 bits per heavy atom. The molecule has 0 aliphatic heterocycles. The van der Waals surface area contributed by atoms with Crippen LogP contribution in [0.3, 0.4) is 0 Å². The molecule has 21 heavy (non-hydrogen) atoms. The van der Waals surface area contributed by atoms with E-state index in [1.165, 1.54) is 24.0 Å². The van der Waals surface area contributed by atoms with E-state index in [0.717, 1.165) is 38.8 Å². The quantitative estimate of drug-likeness (QED) is 0.670. The number of benzene rings is 1. The van der Waals surface area contributed by atoms with Crippen LogP contribution < -0.4 is 5.32 Å². The van der Waals surface area contributed by atoms with Crippen LogP contribution in [0, 0.1) is 5.92 Å². The lowest BCUT2D eigenvalue weighted by Gasteiger charge is -2.17. The summed E-state index contributed by atoms with van der Waals surface area (Å²) in [5.74, 6) is 0.862. The van der Waals surface area contributed by atoms with Crippen molar-refractivity contribution in [2.45, 2.75) is 45.8 Å². The summed E-state index contributed by atoms with van der Waals surface area (Å²) in [6, 6.07) is 9.39. The second kappa shape index (κ2) is 8.52. The van der Waals surface area contributed by atoms with Crippen LogP contribution in [0.5, 0.6) is 0 Å². The molecule has 3 nitrogen and oxygen atoms in total. The first-order valence-corrected chi connectivity index (χ1v) is 8.21. The van der Waals surface area contributed by atoms with Gasteiger partial charge in [-0.2, -0.15) is 0 Å². The fourth-order valence-corrected chi connectivity index (χ4v) is 2.31. The van der Waals surface area contributed by atoms with Gasteiger partial charge in [-0.3, -0.25) is 4.90 Å². The highest BCUT2D eigenvalue weighted by Crippen LogP contribution is 2.28. The molecule has 1 aromatic rings. The minimum absolute atomic E-state index is 0.528. The lowest BCUT2D eigenvalue weighted by molar-refractivity contribution is 0.102. The third kappa shape index (κ3) is 7.07. The van der Waals surface area contributed by atoms with Gasteiger partial charge in [0.1, 0.15) is 0 Å². The Balaban J connectivity index is 1.68.